The number of aliphatic hydroxyl groups excluding tert-OH is 1. The second kappa shape index (κ2) is 5.66. The summed E-state index contributed by atoms with van der Waals surface area (Å²) < 4.78 is 0. The predicted molar refractivity (Wildman–Crippen MR) is 68.7 cm³/mol. The van der Waals surface area contributed by atoms with Crippen LogP contribution in [-0.2, 0) is 0 Å². The highest BCUT2D eigenvalue weighted by molar-refractivity contribution is 8.03. The smallest absolute Gasteiger partial charge is 0.115 e. The van der Waals surface area contributed by atoms with E-state index in [0.29, 0.717) is 5.76 Å². The van der Waals surface area contributed by atoms with Crippen molar-refractivity contribution in [2.75, 3.05) is 0 Å². The van der Waals surface area contributed by atoms with E-state index in [1.165, 1.54) is 0 Å². The zero-order chi connectivity index (χ0) is 12.1. The second-order valence-electron chi connectivity index (χ2n) is 3.62. The van der Waals surface area contributed by atoms with Crippen molar-refractivity contribution in [3.63, 3.8) is 0 Å². The van der Waals surface area contributed by atoms with E-state index in [0.717, 1.165) is 15.4 Å². The molecule has 16 heavy (non-hydrogen) atoms. The van der Waals surface area contributed by atoms with Gasteiger partial charge in [0.2, 0.25) is 0 Å². The lowest BCUT2D eigenvalue weighted by Gasteiger charge is -2.03. The van der Waals surface area contributed by atoms with Crippen LogP contribution in [-0.4, -0.2) is 10.2 Å². The van der Waals surface area contributed by atoms with Crippen LogP contribution in [0.2, 0.25) is 0 Å². The summed E-state index contributed by atoms with van der Waals surface area (Å²) in [7, 11) is 0. The Balaban J connectivity index is 2.75. The summed E-state index contributed by atoms with van der Waals surface area (Å²) in [6.07, 6.45) is 1.94. The standard InChI is InChI=1S/C13H16O2S/c1-9(11(3)14)8-10(2)16-13-6-4-12(15)5-7-13/h4-8,14-15H,1-3H3/b10-8+,11-9+. The normalized spacial score (nSPS) is 13.6. The molecule has 3 heteroatoms. The van der Waals surface area contributed by atoms with Crippen LogP contribution < -0.4 is 0 Å². The van der Waals surface area contributed by atoms with Crippen molar-refractivity contribution < 1.29 is 10.2 Å². The number of thioether (sulfide) groups is 1. The fourth-order valence-electron chi connectivity index (χ4n) is 1.14. The molecule has 0 radical (unpaired) electrons. The molecule has 1 aromatic carbocycles. The molecule has 2 nitrogen and oxygen atoms in total. The molecule has 0 atom stereocenters. The molecular formula is C13H16O2S. The van der Waals surface area contributed by atoms with Gasteiger partial charge in [-0.25, -0.2) is 0 Å². The van der Waals surface area contributed by atoms with Crippen molar-refractivity contribution in [1.82, 2.24) is 0 Å². The van der Waals surface area contributed by atoms with Crippen LogP contribution >= 0.6 is 11.8 Å². The van der Waals surface area contributed by atoms with Crippen LogP contribution in [0.3, 0.4) is 0 Å². The SMILES string of the molecule is C/C(=C\C(C)=C(/C)O)Sc1ccc(O)cc1. The number of allylic oxidation sites excluding steroid dienone is 4. The maximum atomic E-state index is 9.26. The quantitative estimate of drug-likeness (QED) is 0.468. The van der Waals surface area contributed by atoms with Crippen molar-refractivity contribution in [1.29, 1.82) is 0 Å². The molecule has 0 spiro atoms. The lowest BCUT2D eigenvalue weighted by atomic mass is 10.2. The highest BCUT2D eigenvalue weighted by Crippen LogP contribution is 2.28. The van der Waals surface area contributed by atoms with Crippen molar-refractivity contribution in [3.8, 4) is 5.75 Å². The zero-order valence-electron chi connectivity index (χ0n) is 9.69. The number of aliphatic hydroxyl groups is 1. The van der Waals surface area contributed by atoms with Gasteiger partial charge in [0.15, 0.2) is 0 Å². The summed E-state index contributed by atoms with van der Waals surface area (Å²) in [6.45, 7) is 5.53. The van der Waals surface area contributed by atoms with Crippen molar-refractivity contribution in [3.05, 3.63) is 46.6 Å². The Morgan fingerprint density at radius 1 is 1.12 bits per heavy atom. The van der Waals surface area contributed by atoms with Gasteiger partial charge in [0, 0.05) is 4.90 Å². The second-order valence-corrected chi connectivity index (χ2v) is 4.94. The molecule has 0 aliphatic rings. The fraction of sp³-hybridized carbons (Fsp3) is 0.231. The fourth-order valence-corrected chi connectivity index (χ4v) is 2.02. The molecule has 2 N–H and O–H groups in total. The molecular weight excluding hydrogens is 220 g/mol. The lowest BCUT2D eigenvalue weighted by molar-refractivity contribution is 0.409. The Labute approximate surface area is 100 Å². The maximum Gasteiger partial charge on any atom is 0.115 e. The molecule has 0 amide bonds. The van der Waals surface area contributed by atoms with Gasteiger partial charge in [0.25, 0.3) is 0 Å². The first-order valence-electron chi connectivity index (χ1n) is 5.00. The van der Waals surface area contributed by atoms with Crippen molar-refractivity contribution >= 4 is 11.8 Å². The van der Waals surface area contributed by atoms with Crippen molar-refractivity contribution in [2.24, 2.45) is 0 Å². The Hall–Kier alpha value is -1.35. The molecule has 0 heterocycles. The van der Waals surface area contributed by atoms with Crippen LogP contribution in [0, 0.1) is 0 Å². The molecule has 1 rings (SSSR count). The largest absolute Gasteiger partial charge is 0.512 e. The van der Waals surface area contributed by atoms with E-state index in [4.69, 9.17) is 5.11 Å². The van der Waals surface area contributed by atoms with E-state index in [2.05, 4.69) is 0 Å². The molecule has 0 saturated carbocycles. The molecule has 0 aromatic heterocycles. The molecule has 0 fully saturated rings. The maximum absolute atomic E-state index is 9.26. The first kappa shape index (κ1) is 12.7. The van der Waals surface area contributed by atoms with Gasteiger partial charge in [-0.05, 0) is 61.6 Å². The number of hydrogen-bond acceptors (Lipinski definition) is 3. The van der Waals surface area contributed by atoms with Gasteiger partial charge in [0.1, 0.15) is 5.75 Å². The Morgan fingerprint density at radius 3 is 2.19 bits per heavy atom. The third kappa shape index (κ3) is 4.03. The number of phenols is 1. The van der Waals surface area contributed by atoms with Crippen LogP contribution in [0.5, 0.6) is 5.75 Å². The van der Waals surface area contributed by atoms with Crippen LogP contribution in [0.25, 0.3) is 0 Å². The average Bonchev–Trinajstić information content (AvgIpc) is 2.21. The highest BCUT2D eigenvalue weighted by atomic mass is 32.2. The van der Waals surface area contributed by atoms with Gasteiger partial charge < -0.3 is 10.2 Å². The van der Waals surface area contributed by atoms with Gasteiger partial charge in [-0.2, -0.15) is 0 Å². The van der Waals surface area contributed by atoms with Gasteiger partial charge >= 0.3 is 0 Å². The molecule has 0 saturated heterocycles. The number of aromatic hydroxyl groups is 1. The van der Waals surface area contributed by atoms with E-state index in [9.17, 15) is 5.11 Å². The first-order chi connectivity index (χ1) is 7.49. The van der Waals surface area contributed by atoms with Gasteiger partial charge in [0.05, 0.1) is 5.76 Å². The summed E-state index contributed by atoms with van der Waals surface area (Å²) in [6, 6.07) is 7.05. The third-order valence-corrected chi connectivity index (χ3v) is 3.05. The summed E-state index contributed by atoms with van der Waals surface area (Å²) in [4.78, 5) is 2.16. The molecule has 0 unspecified atom stereocenters. The van der Waals surface area contributed by atoms with Crippen LogP contribution in [0.1, 0.15) is 20.8 Å². The minimum absolute atomic E-state index is 0.272. The topological polar surface area (TPSA) is 40.5 Å². The van der Waals surface area contributed by atoms with E-state index >= 15 is 0 Å². The molecule has 0 aliphatic carbocycles. The van der Waals surface area contributed by atoms with E-state index in [-0.39, 0.29) is 5.75 Å². The minimum Gasteiger partial charge on any atom is -0.512 e. The summed E-state index contributed by atoms with van der Waals surface area (Å²) in [5.41, 5.74) is 0.865. The van der Waals surface area contributed by atoms with Gasteiger partial charge in [-0.15, -0.1) is 0 Å². The Morgan fingerprint density at radius 2 is 1.69 bits per heavy atom. The third-order valence-electron chi connectivity index (χ3n) is 2.11. The summed E-state index contributed by atoms with van der Waals surface area (Å²) in [5, 5.41) is 18.4. The van der Waals surface area contributed by atoms with E-state index in [1.54, 1.807) is 30.8 Å². The number of phenolic OH excluding ortho intramolecular Hbond substituents is 1. The van der Waals surface area contributed by atoms with E-state index < -0.39 is 0 Å². The number of benzene rings is 1. The lowest BCUT2D eigenvalue weighted by Crippen LogP contribution is -1.79. The molecule has 1 aromatic rings. The summed E-state index contributed by atoms with van der Waals surface area (Å²) >= 11 is 1.60. The predicted octanol–water partition coefficient (Wildman–Crippen LogP) is 4.24. The Kier molecular flexibility index (Phi) is 4.50. The Bertz CT molecular complexity index is 412. The number of hydrogen-bond donors (Lipinski definition) is 2. The minimum atomic E-state index is 0.272. The molecule has 0 aliphatic heterocycles. The van der Waals surface area contributed by atoms with Gasteiger partial charge in [-0.3, -0.25) is 0 Å². The molecule has 0 bridgehead atoms. The monoisotopic (exact) mass is 236 g/mol. The van der Waals surface area contributed by atoms with Crippen LogP contribution in [0.15, 0.2) is 51.5 Å². The summed E-state index contributed by atoms with van der Waals surface area (Å²) in [5.74, 6) is 0.610. The molecule has 86 valence electrons. The van der Waals surface area contributed by atoms with E-state index in [1.807, 2.05) is 32.1 Å². The van der Waals surface area contributed by atoms with Crippen molar-refractivity contribution in [2.45, 2.75) is 25.7 Å². The first-order valence-corrected chi connectivity index (χ1v) is 5.82. The van der Waals surface area contributed by atoms with Gasteiger partial charge in [-0.1, -0.05) is 11.8 Å². The zero-order valence-corrected chi connectivity index (χ0v) is 10.5. The van der Waals surface area contributed by atoms with Crippen LogP contribution in [0.4, 0.5) is 0 Å². The highest BCUT2D eigenvalue weighted by Gasteiger charge is 1.97. The average molecular weight is 236 g/mol. The number of rotatable bonds is 3.